The van der Waals surface area contributed by atoms with Gasteiger partial charge in [0, 0.05) is 113 Å². The molecule has 466 valence electrons. The van der Waals surface area contributed by atoms with Crippen LogP contribution in [0.3, 0.4) is 0 Å². The minimum absolute atomic E-state index is 0.258. The zero-order chi connectivity index (χ0) is 64.9. The Bertz CT molecular complexity index is 5000. The topological polar surface area (TPSA) is 234 Å². The van der Waals surface area contributed by atoms with Crippen LogP contribution in [0.2, 0.25) is 0 Å². The van der Waals surface area contributed by atoms with E-state index in [0.29, 0.717) is 57.0 Å². The van der Waals surface area contributed by atoms with Gasteiger partial charge in [-0.15, -0.1) is 0 Å². The lowest BCUT2D eigenvalue weighted by Gasteiger charge is -2.16. The van der Waals surface area contributed by atoms with Crippen molar-refractivity contribution in [1.82, 2.24) is 19.9 Å². The number of benzene rings is 10. The second kappa shape index (κ2) is 26.1. The first kappa shape index (κ1) is 59.0. The summed E-state index contributed by atoms with van der Waals surface area (Å²) in [6.45, 7) is -0.517. The number of carbonyl (C=O) groups is 2. The van der Waals surface area contributed by atoms with Crippen molar-refractivity contribution in [1.29, 1.82) is 0 Å². The molecule has 2 amide bonds. The van der Waals surface area contributed by atoms with Crippen molar-refractivity contribution in [3.8, 4) is 33.8 Å². The van der Waals surface area contributed by atoms with E-state index in [0.717, 1.165) is 111 Å². The van der Waals surface area contributed by atoms with Gasteiger partial charge in [0.05, 0.1) is 22.8 Å². The first-order valence-corrected chi connectivity index (χ1v) is 31.3. The molecular weight excluding hydrogens is 1190 g/mol. The molecule has 10 aromatic carbocycles. The summed E-state index contributed by atoms with van der Waals surface area (Å²) in [7, 11) is 0. The number of ether oxygens (including phenoxy) is 2. The van der Waals surface area contributed by atoms with Crippen LogP contribution in [0.1, 0.15) is 22.8 Å². The maximum atomic E-state index is 13.8. The van der Waals surface area contributed by atoms with Gasteiger partial charge < -0.3 is 62.8 Å². The smallest absolute Gasteiger partial charge is 0.262 e. The number of aromatic amines is 2. The number of amides is 2. The Labute approximate surface area is 552 Å². The molecule has 15 rings (SSSR count). The first-order valence-electron chi connectivity index (χ1n) is 31.3. The van der Waals surface area contributed by atoms with Crippen LogP contribution >= 0.6 is 0 Å². The maximum absolute atomic E-state index is 13.8. The second-order valence-electron chi connectivity index (χ2n) is 23.3. The van der Waals surface area contributed by atoms with Gasteiger partial charge in [0.1, 0.15) is 11.5 Å². The molecule has 96 heavy (non-hydrogen) atoms. The standard InChI is InChI=1S/C80H62N12O4/c81-51-11-15-53(16-12-51)83-55-19-23-57(24-20-55)85-59-27-31-61(32-28-59)91-75(93)47-95-73-43-9-49-5-1-3-7-67(49)77(73)79-69-39-35-63(87-69)45-65-37-41-71(89-65)80(72-42-38-66(90-72)46-64-36-40-70(79)88-64)78-68-8-4-2-6-50(68)10-44-74(78)96-48-76(94)92-62-33-29-60(30-34-62)86-58-25-21-56(22-26-58)84-54-17-13-52(82)14-18-54/h1-46,83-87,90H,47-48,81-82H2,(H,91,93)(H,92,94). The highest BCUT2D eigenvalue weighted by atomic mass is 16.5. The van der Waals surface area contributed by atoms with Gasteiger partial charge in [-0.1, -0.05) is 60.7 Å². The van der Waals surface area contributed by atoms with Crippen molar-refractivity contribution in [2.45, 2.75) is 0 Å². The number of rotatable bonds is 18. The monoisotopic (exact) mass is 1250 g/mol. The average molecular weight is 1260 g/mol. The van der Waals surface area contributed by atoms with Crippen LogP contribution in [0.4, 0.5) is 68.2 Å². The van der Waals surface area contributed by atoms with Gasteiger partial charge in [-0.25, -0.2) is 9.97 Å². The lowest BCUT2D eigenvalue weighted by Crippen LogP contribution is -2.20. The molecule has 0 aliphatic carbocycles. The molecule has 0 radical (unpaired) electrons. The van der Waals surface area contributed by atoms with Crippen LogP contribution < -0.4 is 52.8 Å². The predicted octanol–water partition coefficient (Wildman–Crippen LogP) is 18.5. The SMILES string of the molecule is Nc1ccc(Nc2ccc(Nc3ccc(NC(=O)COc4ccc5ccccc5c4-c4c5nc(cc6ccc([nH]6)c(-c6c(OCC(=O)Nc7ccc(Nc8ccc(Nc9ccc(N)cc9)cc8)cc7)ccc7ccccc67)c6nc(cc7ccc4[nH]7)C=C6)C=C5)cc3)cc2)cc1. The fraction of sp³-hybridized carbons (Fsp3) is 0.0250. The average Bonchev–Trinajstić information content (AvgIpc) is 1.45. The van der Waals surface area contributed by atoms with Crippen molar-refractivity contribution in [3.05, 3.63) is 278 Å². The Morgan fingerprint density at radius 1 is 0.344 bits per heavy atom. The van der Waals surface area contributed by atoms with Crippen LogP contribution in [0.5, 0.6) is 11.5 Å². The summed E-state index contributed by atoms with van der Waals surface area (Å²) in [6, 6.07) is 82.5. The zero-order valence-electron chi connectivity index (χ0n) is 51.7. The molecule has 0 fully saturated rings. The molecule has 0 spiro atoms. The summed E-state index contributed by atoms with van der Waals surface area (Å²) in [6.07, 6.45) is 8.00. The minimum Gasteiger partial charge on any atom is -0.483 e. The number of nitrogens with one attached hydrogen (secondary N) is 8. The van der Waals surface area contributed by atoms with Crippen LogP contribution in [-0.2, 0) is 9.59 Å². The van der Waals surface area contributed by atoms with Gasteiger partial charge in [-0.2, -0.15) is 0 Å². The van der Waals surface area contributed by atoms with Gasteiger partial charge in [0.25, 0.3) is 11.8 Å². The second-order valence-corrected chi connectivity index (χ2v) is 23.3. The maximum Gasteiger partial charge on any atom is 0.262 e. The summed E-state index contributed by atoms with van der Waals surface area (Å²) < 4.78 is 13.1. The van der Waals surface area contributed by atoms with Gasteiger partial charge in [0.2, 0.25) is 0 Å². The van der Waals surface area contributed by atoms with Crippen molar-refractivity contribution < 1.29 is 19.1 Å². The summed E-state index contributed by atoms with van der Waals surface area (Å²) in [5, 5.41) is 23.5. The molecule has 0 saturated heterocycles. The number of carbonyl (C=O) groups excluding carboxylic acids is 2. The largest absolute Gasteiger partial charge is 0.483 e. The first-order chi connectivity index (χ1) is 47.1. The lowest BCUT2D eigenvalue weighted by atomic mass is 9.95. The summed E-state index contributed by atoms with van der Waals surface area (Å²) in [5.41, 5.74) is 30.8. The van der Waals surface area contributed by atoms with E-state index in [1.165, 1.54) is 0 Å². The van der Waals surface area contributed by atoms with Crippen LogP contribution in [0.15, 0.2) is 255 Å². The van der Waals surface area contributed by atoms with E-state index in [4.69, 9.17) is 30.9 Å². The van der Waals surface area contributed by atoms with E-state index in [1.54, 1.807) is 0 Å². The Morgan fingerprint density at radius 2 is 0.667 bits per heavy atom. The third kappa shape index (κ3) is 13.2. The van der Waals surface area contributed by atoms with Crippen LogP contribution in [0, 0.1) is 0 Å². The third-order valence-electron chi connectivity index (χ3n) is 16.5. The summed E-state index contributed by atoms with van der Waals surface area (Å²) in [5.74, 6) is 0.376. The molecule has 16 heteroatoms. The van der Waals surface area contributed by atoms with E-state index in [1.807, 2.05) is 255 Å². The molecule has 8 bridgehead atoms. The number of hydrogen-bond donors (Lipinski definition) is 10. The Balaban J connectivity index is 0.688. The fourth-order valence-corrected chi connectivity index (χ4v) is 11.9. The van der Waals surface area contributed by atoms with E-state index in [-0.39, 0.29) is 25.0 Å². The number of fused-ring (bicyclic) bond motifs is 10. The third-order valence-corrected chi connectivity index (χ3v) is 16.5. The highest BCUT2D eigenvalue weighted by Crippen LogP contribution is 2.44. The predicted molar refractivity (Wildman–Crippen MR) is 394 cm³/mol. The highest BCUT2D eigenvalue weighted by Gasteiger charge is 2.22. The van der Waals surface area contributed by atoms with E-state index >= 15 is 0 Å². The molecule has 13 aromatic rings. The Kier molecular flexibility index (Phi) is 16.0. The number of nitrogens with zero attached hydrogens (tertiary/aromatic N) is 2. The molecule has 2 aliphatic rings. The van der Waals surface area contributed by atoms with Gasteiger partial charge >= 0.3 is 0 Å². The number of H-pyrrole nitrogens is 2. The molecule has 12 N–H and O–H groups in total. The molecule has 0 saturated carbocycles. The lowest BCUT2D eigenvalue weighted by molar-refractivity contribution is -0.118. The van der Waals surface area contributed by atoms with Gasteiger partial charge in [0.15, 0.2) is 13.2 Å². The number of anilines is 12. The Morgan fingerprint density at radius 3 is 1.02 bits per heavy atom. The Hall–Kier alpha value is -13.3. The van der Waals surface area contributed by atoms with Crippen molar-refractivity contribution in [3.63, 3.8) is 0 Å². The van der Waals surface area contributed by atoms with Crippen molar-refractivity contribution in [2.75, 3.05) is 56.6 Å². The molecule has 16 nitrogen and oxygen atoms in total. The zero-order valence-corrected chi connectivity index (χ0v) is 51.7. The minimum atomic E-state index is -0.322. The van der Waals surface area contributed by atoms with E-state index in [2.05, 4.69) is 66.1 Å². The summed E-state index contributed by atoms with van der Waals surface area (Å²) >= 11 is 0. The van der Waals surface area contributed by atoms with Crippen LogP contribution in [-0.4, -0.2) is 45.0 Å². The van der Waals surface area contributed by atoms with Crippen molar-refractivity contribution in [2.24, 2.45) is 0 Å². The van der Waals surface area contributed by atoms with E-state index in [9.17, 15) is 9.59 Å². The van der Waals surface area contributed by atoms with Gasteiger partial charge in [-0.3, -0.25) is 9.59 Å². The summed E-state index contributed by atoms with van der Waals surface area (Å²) in [4.78, 5) is 45.6. The number of nitrogens with two attached hydrogens (primary N) is 2. The van der Waals surface area contributed by atoms with Crippen molar-refractivity contribution >= 4 is 148 Å². The molecule has 3 aromatic heterocycles. The molecule has 0 atom stereocenters. The fourth-order valence-electron chi connectivity index (χ4n) is 11.9. The van der Waals surface area contributed by atoms with Gasteiger partial charge in [-0.05, 0) is 240 Å². The normalized spacial score (nSPS) is 11.5. The van der Waals surface area contributed by atoms with Crippen LogP contribution in [0.25, 0.3) is 90.2 Å². The van der Waals surface area contributed by atoms with E-state index < -0.39 is 0 Å². The quantitative estimate of drug-likeness (QED) is 0.0362. The number of nitrogen functional groups attached to an aromatic ring is 2. The molecular formula is C80H62N12O4. The highest BCUT2D eigenvalue weighted by molar-refractivity contribution is 6.08. The molecule has 5 heterocycles. The molecule has 0 unspecified atom stereocenters. The number of hydrogen-bond acceptors (Lipinski definition) is 12. The number of aromatic nitrogens is 4. The molecule has 2 aliphatic heterocycles.